The van der Waals surface area contributed by atoms with Gasteiger partial charge in [-0.05, 0) is 43.5 Å². The van der Waals surface area contributed by atoms with E-state index in [0.717, 1.165) is 35.3 Å². The van der Waals surface area contributed by atoms with Gasteiger partial charge in [0.2, 0.25) is 0 Å². The Labute approximate surface area is 132 Å². The van der Waals surface area contributed by atoms with E-state index >= 15 is 0 Å². The van der Waals surface area contributed by atoms with E-state index in [1.165, 1.54) is 12.8 Å². The number of rotatable bonds is 4. The molecule has 2 unspecified atom stereocenters. The lowest BCUT2D eigenvalue weighted by atomic mass is 9.92. The summed E-state index contributed by atoms with van der Waals surface area (Å²) in [7, 11) is 1.70. The molecular formula is C15H24Cl2N2O. The molecule has 0 saturated carbocycles. The largest absolute Gasteiger partial charge is 0.496 e. The van der Waals surface area contributed by atoms with Gasteiger partial charge in [0.05, 0.1) is 7.11 Å². The summed E-state index contributed by atoms with van der Waals surface area (Å²) in [5, 5.41) is 0.755. The minimum Gasteiger partial charge on any atom is -0.496 e. The molecule has 0 radical (unpaired) electrons. The van der Waals surface area contributed by atoms with Crippen LogP contribution in [0.15, 0.2) is 18.2 Å². The molecule has 0 aromatic heterocycles. The van der Waals surface area contributed by atoms with Crippen LogP contribution >= 0.6 is 24.0 Å². The molecule has 2 rings (SSSR count). The van der Waals surface area contributed by atoms with Crippen molar-refractivity contribution >= 4 is 24.0 Å². The van der Waals surface area contributed by atoms with Gasteiger partial charge in [-0.15, -0.1) is 12.4 Å². The number of ether oxygens (including phenoxy) is 1. The Morgan fingerprint density at radius 2 is 2.20 bits per heavy atom. The molecule has 1 saturated heterocycles. The fraction of sp³-hybridized carbons (Fsp3) is 0.600. The highest BCUT2D eigenvalue weighted by atomic mass is 35.5. The highest BCUT2D eigenvalue weighted by Gasteiger charge is 2.25. The monoisotopic (exact) mass is 318 g/mol. The van der Waals surface area contributed by atoms with Gasteiger partial charge >= 0.3 is 0 Å². The molecule has 1 fully saturated rings. The molecular weight excluding hydrogens is 295 g/mol. The van der Waals surface area contributed by atoms with Crippen LogP contribution in [0, 0.1) is 5.92 Å². The molecule has 20 heavy (non-hydrogen) atoms. The normalized spacial score (nSPS) is 23.2. The smallest absolute Gasteiger partial charge is 0.123 e. The second-order valence-corrected chi connectivity index (χ2v) is 5.88. The lowest BCUT2D eigenvalue weighted by Crippen LogP contribution is -2.45. The van der Waals surface area contributed by atoms with Crippen LogP contribution in [0.2, 0.25) is 5.02 Å². The fourth-order valence-corrected chi connectivity index (χ4v) is 3.04. The number of benzene rings is 1. The van der Waals surface area contributed by atoms with Gasteiger partial charge in [0.25, 0.3) is 0 Å². The Bertz CT molecular complexity index is 428. The molecule has 1 aromatic carbocycles. The maximum atomic E-state index is 6.09. The molecule has 1 aliphatic heterocycles. The topological polar surface area (TPSA) is 38.5 Å². The quantitative estimate of drug-likeness (QED) is 0.925. The lowest BCUT2D eigenvalue weighted by Gasteiger charge is -2.38. The van der Waals surface area contributed by atoms with Crippen molar-refractivity contribution in [2.45, 2.75) is 32.4 Å². The summed E-state index contributed by atoms with van der Waals surface area (Å²) in [5.74, 6) is 1.67. The number of nitrogens with zero attached hydrogens (tertiary/aromatic N) is 1. The predicted molar refractivity (Wildman–Crippen MR) is 86.9 cm³/mol. The van der Waals surface area contributed by atoms with E-state index in [4.69, 9.17) is 22.1 Å². The number of piperidine rings is 1. The molecule has 1 heterocycles. The van der Waals surface area contributed by atoms with Crippen molar-refractivity contribution in [1.82, 2.24) is 4.90 Å². The molecule has 2 N–H and O–H groups in total. The Hall–Kier alpha value is -0.480. The van der Waals surface area contributed by atoms with E-state index in [1.807, 2.05) is 18.2 Å². The number of hydrogen-bond acceptors (Lipinski definition) is 3. The summed E-state index contributed by atoms with van der Waals surface area (Å²) >= 11 is 6.09. The van der Waals surface area contributed by atoms with Gasteiger partial charge in [-0.3, -0.25) is 4.90 Å². The van der Waals surface area contributed by atoms with Gasteiger partial charge in [-0.25, -0.2) is 0 Å². The van der Waals surface area contributed by atoms with Crippen LogP contribution in [0.1, 0.15) is 25.3 Å². The van der Waals surface area contributed by atoms with Crippen LogP contribution in [-0.2, 0) is 6.54 Å². The zero-order valence-electron chi connectivity index (χ0n) is 12.1. The SMILES string of the molecule is COc1ccc(Cl)cc1CN1CCC(C)CC1CN.Cl. The first-order chi connectivity index (χ1) is 9.13. The maximum Gasteiger partial charge on any atom is 0.123 e. The van der Waals surface area contributed by atoms with Crippen molar-refractivity contribution in [2.24, 2.45) is 11.7 Å². The number of halogens is 2. The Kier molecular flexibility index (Phi) is 7.10. The number of hydrogen-bond donors (Lipinski definition) is 1. The van der Waals surface area contributed by atoms with E-state index in [0.29, 0.717) is 12.6 Å². The van der Waals surface area contributed by atoms with Gasteiger partial charge in [-0.2, -0.15) is 0 Å². The molecule has 0 aliphatic carbocycles. The Balaban J connectivity index is 0.00000200. The second kappa shape index (κ2) is 8.08. The highest BCUT2D eigenvalue weighted by molar-refractivity contribution is 6.30. The van der Waals surface area contributed by atoms with Gasteiger partial charge < -0.3 is 10.5 Å². The molecule has 1 aliphatic rings. The van der Waals surface area contributed by atoms with Crippen LogP contribution in [0.4, 0.5) is 0 Å². The van der Waals surface area contributed by atoms with E-state index in [1.54, 1.807) is 7.11 Å². The van der Waals surface area contributed by atoms with Crippen LogP contribution in [0.25, 0.3) is 0 Å². The van der Waals surface area contributed by atoms with Crippen molar-refractivity contribution < 1.29 is 4.74 Å². The van der Waals surface area contributed by atoms with Crippen LogP contribution in [-0.4, -0.2) is 31.1 Å². The number of nitrogens with two attached hydrogens (primary N) is 1. The van der Waals surface area contributed by atoms with Crippen LogP contribution < -0.4 is 10.5 Å². The van der Waals surface area contributed by atoms with Gasteiger partial charge in [0.1, 0.15) is 5.75 Å². The fourth-order valence-electron chi connectivity index (χ4n) is 2.84. The van der Waals surface area contributed by atoms with Crippen molar-refractivity contribution in [3.8, 4) is 5.75 Å². The number of likely N-dealkylation sites (tertiary alicyclic amines) is 1. The van der Waals surface area contributed by atoms with Crippen molar-refractivity contribution in [2.75, 3.05) is 20.2 Å². The number of methoxy groups -OCH3 is 1. The van der Waals surface area contributed by atoms with Crippen molar-refractivity contribution in [1.29, 1.82) is 0 Å². The molecule has 3 nitrogen and oxygen atoms in total. The van der Waals surface area contributed by atoms with E-state index in [9.17, 15) is 0 Å². The summed E-state index contributed by atoms with van der Waals surface area (Å²) in [6.45, 7) is 4.98. The zero-order chi connectivity index (χ0) is 13.8. The summed E-state index contributed by atoms with van der Waals surface area (Å²) < 4.78 is 5.42. The first-order valence-electron chi connectivity index (χ1n) is 6.90. The van der Waals surface area contributed by atoms with Gasteiger partial charge in [0.15, 0.2) is 0 Å². The Morgan fingerprint density at radius 1 is 1.45 bits per heavy atom. The first-order valence-corrected chi connectivity index (χ1v) is 7.28. The standard InChI is InChI=1S/C15H23ClN2O.ClH/c1-11-5-6-18(14(7-11)9-17)10-12-8-13(16)3-4-15(12)19-2;/h3-4,8,11,14H,5-7,9-10,17H2,1-2H3;1H. The second-order valence-electron chi connectivity index (χ2n) is 5.45. The molecule has 0 bridgehead atoms. The molecule has 0 spiro atoms. The molecule has 0 amide bonds. The third-order valence-electron chi connectivity index (χ3n) is 3.99. The average molecular weight is 319 g/mol. The molecule has 2 atom stereocenters. The highest BCUT2D eigenvalue weighted by Crippen LogP contribution is 2.28. The third-order valence-corrected chi connectivity index (χ3v) is 4.22. The van der Waals surface area contributed by atoms with Crippen molar-refractivity contribution in [3.05, 3.63) is 28.8 Å². The van der Waals surface area contributed by atoms with Gasteiger partial charge in [0, 0.05) is 29.7 Å². The molecule has 1 aromatic rings. The third kappa shape index (κ3) is 4.26. The maximum absolute atomic E-state index is 6.09. The molecule has 5 heteroatoms. The average Bonchev–Trinajstić information content (AvgIpc) is 2.41. The van der Waals surface area contributed by atoms with E-state index in [-0.39, 0.29) is 12.4 Å². The van der Waals surface area contributed by atoms with Crippen LogP contribution in [0.5, 0.6) is 5.75 Å². The summed E-state index contributed by atoms with van der Waals surface area (Å²) in [4.78, 5) is 2.45. The van der Waals surface area contributed by atoms with Crippen molar-refractivity contribution in [3.63, 3.8) is 0 Å². The minimum absolute atomic E-state index is 0. The summed E-state index contributed by atoms with van der Waals surface area (Å²) in [6.07, 6.45) is 2.42. The lowest BCUT2D eigenvalue weighted by molar-refractivity contribution is 0.114. The molecule has 114 valence electrons. The van der Waals surface area contributed by atoms with E-state index < -0.39 is 0 Å². The minimum atomic E-state index is 0. The predicted octanol–water partition coefficient (Wildman–Crippen LogP) is 3.33. The Morgan fingerprint density at radius 3 is 2.85 bits per heavy atom. The van der Waals surface area contributed by atoms with Gasteiger partial charge in [-0.1, -0.05) is 18.5 Å². The van der Waals surface area contributed by atoms with E-state index in [2.05, 4.69) is 11.8 Å². The summed E-state index contributed by atoms with van der Waals surface area (Å²) in [5.41, 5.74) is 7.05. The first kappa shape index (κ1) is 17.6. The summed E-state index contributed by atoms with van der Waals surface area (Å²) in [6, 6.07) is 6.25. The van der Waals surface area contributed by atoms with Crippen LogP contribution in [0.3, 0.4) is 0 Å². The zero-order valence-corrected chi connectivity index (χ0v) is 13.7.